The van der Waals surface area contributed by atoms with Crippen LogP contribution < -0.4 is 14.8 Å². The lowest BCUT2D eigenvalue weighted by molar-refractivity contribution is -0.140. The van der Waals surface area contributed by atoms with Crippen LogP contribution in [0.25, 0.3) is 22.2 Å². The number of aromatic nitrogens is 3. The van der Waals surface area contributed by atoms with Crippen molar-refractivity contribution in [3.05, 3.63) is 101 Å². The van der Waals surface area contributed by atoms with Crippen LogP contribution in [0.2, 0.25) is 0 Å². The van der Waals surface area contributed by atoms with Crippen molar-refractivity contribution in [2.24, 2.45) is 0 Å². The third-order valence-corrected chi connectivity index (χ3v) is 6.60. The minimum absolute atomic E-state index is 0.0309. The molecule has 0 fully saturated rings. The van der Waals surface area contributed by atoms with Crippen molar-refractivity contribution in [2.75, 3.05) is 6.61 Å². The van der Waals surface area contributed by atoms with Crippen LogP contribution in [0.1, 0.15) is 22.3 Å². The summed E-state index contributed by atoms with van der Waals surface area (Å²) < 4.78 is 17.5. The zero-order chi connectivity index (χ0) is 27.9. The molecule has 10 nitrogen and oxygen atoms in total. The van der Waals surface area contributed by atoms with E-state index < -0.39 is 18.6 Å². The maximum Gasteiger partial charge on any atom is 0.323 e. The van der Waals surface area contributed by atoms with E-state index >= 15 is 0 Å². The van der Waals surface area contributed by atoms with Gasteiger partial charge in [0.25, 0.3) is 0 Å². The Balaban J connectivity index is 1.46. The van der Waals surface area contributed by atoms with Gasteiger partial charge < -0.3 is 19.7 Å². The lowest BCUT2D eigenvalue weighted by Gasteiger charge is -2.17. The second kappa shape index (κ2) is 12.4. The van der Waals surface area contributed by atoms with Gasteiger partial charge in [0.15, 0.2) is 11.3 Å². The maximum absolute atomic E-state index is 11.4. The first-order chi connectivity index (χ1) is 19.5. The molecule has 3 N–H and O–H groups in total. The van der Waals surface area contributed by atoms with E-state index in [-0.39, 0.29) is 19.8 Å². The van der Waals surface area contributed by atoms with Crippen LogP contribution in [0.5, 0.6) is 11.5 Å². The third kappa shape index (κ3) is 5.93. The number of nitrogens with one attached hydrogen (secondary N) is 1. The standard InChI is InChI=1S/C30H28N4O6/c1-19-22(10-5-11-23(19)21-8-3-2-4-9-21)18-39-27-13-26(38-17-20-7-6-12-31-14-20)24(28-29(27)34-40-33-28)15-32-25(16-35)30(36)37/h2-14,25,32,35H,15-18H2,1H3,(H,36,37). The molecule has 0 amide bonds. The number of hydrogen-bond acceptors (Lipinski definition) is 9. The second-order valence-corrected chi connectivity index (χ2v) is 9.16. The first-order valence-electron chi connectivity index (χ1n) is 12.7. The fourth-order valence-electron chi connectivity index (χ4n) is 4.37. The molecule has 0 aliphatic heterocycles. The van der Waals surface area contributed by atoms with Gasteiger partial charge in [-0.3, -0.25) is 15.1 Å². The lowest BCUT2D eigenvalue weighted by atomic mass is 9.97. The van der Waals surface area contributed by atoms with Crippen molar-refractivity contribution in [3.8, 4) is 22.6 Å². The second-order valence-electron chi connectivity index (χ2n) is 9.16. The summed E-state index contributed by atoms with van der Waals surface area (Å²) in [5.74, 6) is -0.364. The van der Waals surface area contributed by atoms with Gasteiger partial charge in [0.2, 0.25) is 0 Å². The number of aliphatic hydroxyl groups excluding tert-OH is 1. The van der Waals surface area contributed by atoms with E-state index in [1.165, 1.54) is 0 Å². The van der Waals surface area contributed by atoms with Crippen molar-refractivity contribution in [1.29, 1.82) is 0 Å². The van der Waals surface area contributed by atoms with Crippen LogP contribution in [0.4, 0.5) is 0 Å². The first kappa shape index (κ1) is 26.8. The predicted octanol–water partition coefficient (Wildman–Crippen LogP) is 4.29. The van der Waals surface area contributed by atoms with Crippen molar-refractivity contribution >= 4 is 17.0 Å². The van der Waals surface area contributed by atoms with Crippen molar-refractivity contribution in [2.45, 2.75) is 32.7 Å². The minimum atomic E-state index is -1.18. The Kier molecular flexibility index (Phi) is 8.29. The van der Waals surface area contributed by atoms with E-state index in [9.17, 15) is 15.0 Å². The molecule has 40 heavy (non-hydrogen) atoms. The van der Waals surface area contributed by atoms with Crippen LogP contribution in [0, 0.1) is 6.92 Å². The van der Waals surface area contributed by atoms with Gasteiger partial charge in [0.1, 0.15) is 30.5 Å². The fraction of sp³-hybridized carbons (Fsp3) is 0.200. The Morgan fingerprint density at radius 2 is 1.77 bits per heavy atom. The van der Waals surface area contributed by atoms with Gasteiger partial charge in [0.05, 0.1) is 6.61 Å². The number of pyridine rings is 1. The number of fused-ring (bicyclic) bond motifs is 1. The third-order valence-electron chi connectivity index (χ3n) is 6.60. The Morgan fingerprint density at radius 3 is 2.52 bits per heavy atom. The Labute approximate surface area is 230 Å². The van der Waals surface area contributed by atoms with Gasteiger partial charge in [-0.2, -0.15) is 0 Å². The maximum atomic E-state index is 11.4. The van der Waals surface area contributed by atoms with Crippen LogP contribution >= 0.6 is 0 Å². The average molecular weight is 541 g/mol. The van der Waals surface area contributed by atoms with Gasteiger partial charge in [-0.15, -0.1) is 0 Å². The van der Waals surface area contributed by atoms with E-state index in [0.717, 1.165) is 27.8 Å². The zero-order valence-corrected chi connectivity index (χ0v) is 21.8. The number of benzene rings is 3. The Bertz CT molecular complexity index is 1590. The van der Waals surface area contributed by atoms with Gasteiger partial charge in [-0.1, -0.05) is 54.6 Å². The molecule has 10 heteroatoms. The average Bonchev–Trinajstić information content (AvgIpc) is 3.47. The van der Waals surface area contributed by atoms with Crippen LogP contribution in [-0.4, -0.2) is 44.1 Å². The minimum Gasteiger partial charge on any atom is -0.488 e. The number of carbonyl (C=O) groups is 1. The summed E-state index contributed by atoms with van der Waals surface area (Å²) >= 11 is 0. The predicted molar refractivity (Wildman–Crippen MR) is 147 cm³/mol. The summed E-state index contributed by atoms with van der Waals surface area (Å²) in [6.45, 7) is 1.98. The highest BCUT2D eigenvalue weighted by Gasteiger charge is 2.22. The molecule has 0 bridgehead atoms. The molecule has 2 aromatic heterocycles. The summed E-state index contributed by atoms with van der Waals surface area (Å²) in [5, 5.41) is 29.7. The SMILES string of the molecule is Cc1c(COc2cc(OCc3cccnc3)c(CNC(CO)C(=O)O)c3nonc23)cccc1-c1ccccc1. The number of carboxylic acid groups (broad SMARTS) is 1. The number of carboxylic acids is 1. The molecule has 0 radical (unpaired) electrons. The van der Waals surface area contributed by atoms with E-state index in [1.54, 1.807) is 18.5 Å². The Hall–Kier alpha value is -4.80. The molecule has 0 saturated carbocycles. The van der Waals surface area contributed by atoms with Crippen LogP contribution in [-0.2, 0) is 24.6 Å². The molecule has 5 rings (SSSR count). The topological polar surface area (TPSA) is 140 Å². The van der Waals surface area contributed by atoms with E-state index in [2.05, 4.69) is 45.7 Å². The number of nitrogens with zero attached hydrogens (tertiary/aromatic N) is 3. The highest BCUT2D eigenvalue weighted by molar-refractivity contribution is 5.86. The molecule has 0 aliphatic carbocycles. The zero-order valence-electron chi connectivity index (χ0n) is 21.8. The molecule has 0 spiro atoms. The quantitative estimate of drug-likeness (QED) is 0.210. The molecule has 204 valence electrons. The van der Waals surface area contributed by atoms with Crippen molar-refractivity contribution in [3.63, 3.8) is 0 Å². The van der Waals surface area contributed by atoms with E-state index in [4.69, 9.17) is 14.1 Å². The van der Waals surface area contributed by atoms with Crippen molar-refractivity contribution in [1.82, 2.24) is 20.6 Å². The highest BCUT2D eigenvalue weighted by atomic mass is 16.6. The number of rotatable bonds is 12. The number of ether oxygens (including phenoxy) is 2. The number of aliphatic carboxylic acids is 1. The van der Waals surface area contributed by atoms with E-state index in [1.807, 2.05) is 42.5 Å². The molecule has 0 aliphatic rings. The molecular weight excluding hydrogens is 512 g/mol. The summed E-state index contributed by atoms with van der Waals surface area (Å²) in [4.78, 5) is 15.6. The monoisotopic (exact) mass is 540 g/mol. The summed E-state index contributed by atoms with van der Waals surface area (Å²) in [7, 11) is 0. The number of aliphatic hydroxyl groups is 1. The molecule has 0 saturated heterocycles. The lowest BCUT2D eigenvalue weighted by Crippen LogP contribution is -2.39. The Morgan fingerprint density at radius 1 is 0.975 bits per heavy atom. The van der Waals surface area contributed by atoms with Crippen molar-refractivity contribution < 1.29 is 29.1 Å². The van der Waals surface area contributed by atoms with Gasteiger partial charge in [-0.25, -0.2) is 4.63 Å². The normalized spacial score (nSPS) is 11.8. The fourth-order valence-corrected chi connectivity index (χ4v) is 4.37. The molecule has 5 aromatic rings. The summed E-state index contributed by atoms with van der Waals surface area (Å²) in [6.07, 6.45) is 3.37. The molecule has 3 aromatic carbocycles. The largest absolute Gasteiger partial charge is 0.488 e. The summed E-state index contributed by atoms with van der Waals surface area (Å²) in [5.41, 5.74) is 6.44. The van der Waals surface area contributed by atoms with Crippen LogP contribution in [0.3, 0.4) is 0 Å². The van der Waals surface area contributed by atoms with Gasteiger partial charge >= 0.3 is 5.97 Å². The molecule has 1 unspecified atom stereocenters. The van der Waals surface area contributed by atoms with E-state index in [0.29, 0.717) is 28.1 Å². The number of hydrogen-bond donors (Lipinski definition) is 3. The molecule has 1 atom stereocenters. The van der Waals surface area contributed by atoms with Crippen LogP contribution in [0.15, 0.2) is 83.8 Å². The first-order valence-corrected chi connectivity index (χ1v) is 12.7. The van der Waals surface area contributed by atoms with Gasteiger partial charge in [-0.05, 0) is 45.6 Å². The molecule has 2 heterocycles. The smallest absolute Gasteiger partial charge is 0.323 e. The highest BCUT2D eigenvalue weighted by Crippen LogP contribution is 2.36. The van der Waals surface area contributed by atoms with Gasteiger partial charge in [0, 0.05) is 36.1 Å². The summed E-state index contributed by atoms with van der Waals surface area (Å²) in [6, 6.07) is 20.5. The molecular formula is C30H28N4O6.